The van der Waals surface area contributed by atoms with E-state index >= 15 is 0 Å². The van der Waals surface area contributed by atoms with Crippen LogP contribution in [0.3, 0.4) is 0 Å². The van der Waals surface area contributed by atoms with E-state index in [1.54, 1.807) is 0 Å². The van der Waals surface area contributed by atoms with Gasteiger partial charge in [0.15, 0.2) is 5.58 Å². The zero-order valence-corrected chi connectivity index (χ0v) is 35.0. The van der Waals surface area contributed by atoms with Crippen LogP contribution in [0.5, 0.6) is 0 Å². The van der Waals surface area contributed by atoms with Crippen LogP contribution in [0, 0.1) is 0 Å². The van der Waals surface area contributed by atoms with Crippen molar-refractivity contribution in [1.29, 1.82) is 0 Å². The summed E-state index contributed by atoms with van der Waals surface area (Å²) in [5.74, 6) is 0. The zero-order chi connectivity index (χ0) is 42.4. The van der Waals surface area contributed by atoms with E-state index in [0.29, 0.717) is 0 Å². The molecule has 1 aromatic heterocycles. The lowest BCUT2D eigenvalue weighted by atomic mass is 9.90. The van der Waals surface area contributed by atoms with Gasteiger partial charge in [-0.3, -0.25) is 0 Å². The summed E-state index contributed by atoms with van der Waals surface area (Å²) in [6.07, 6.45) is 0. The van der Waals surface area contributed by atoms with Gasteiger partial charge >= 0.3 is 0 Å². The van der Waals surface area contributed by atoms with E-state index in [1.165, 1.54) is 44.2 Å². The molecule has 300 valence electrons. The Balaban J connectivity index is 1.18. The summed E-state index contributed by atoms with van der Waals surface area (Å²) in [6.45, 7) is 0. The van der Waals surface area contributed by atoms with Gasteiger partial charge in [0.2, 0.25) is 0 Å². The number of rotatable bonds is 8. The highest BCUT2D eigenvalue weighted by Gasteiger charge is 2.25. The normalized spacial score (nSPS) is 11.4. The predicted octanol–water partition coefficient (Wildman–Crippen LogP) is 17.7. The van der Waals surface area contributed by atoms with Gasteiger partial charge in [-0.1, -0.05) is 194 Å². The molecule has 11 aromatic carbocycles. The Morgan fingerprint density at radius 2 is 0.766 bits per heavy atom. The lowest BCUT2D eigenvalue weighted by molar-refractivity contribution is 0.673. The third-order valence-corrected chi connectivity index (χ3v) is 12.6. The van der Waals surface area contributed by atoms with Gasteiger partial charge in [0, 0.05) is 27.5 Å². The molecule has 0 unspecified atom stereocenters. The first-order valence-electron chi connectivity index (χ1n) is 21.9. The van der Waals surface area contributed by atoms with Crippen molar-refractivity contribution in [3.05, 3.63) is 249 Å². The standard InChI is InChI=1S/C62H41NO/c1-5-17-42(18-6-1)46-29-32-52(33-30-46)63(53-34-31-45-23-13-14-26-48(45)40-53)59-36-35-54(51-38-49(43-19-7-2-8-20-43)37-50(39-51)44-21-9-3-10-22-44)60-58-41-57(47-24-11-4-12-25-47)55-27-15-16-28-56(55)61(58)64-62(59)60/h1-41H. The lowest BCUT2D eigenvalue weighted by Gasteiger charge is -2.26. The van der Waals surface area contributed by atoms with Gasteiger partial charge in [0.05, 0.1) is 5.69 Å². The molecule has 0 aliphatic rings. The Bertz CT molecular complexity index is 3570. The van der Waals surface area contributed by atoms with Gasteiger partial charge in [-0.05, 0) is 126 Å². The highest BCUT2D eigenvalue weighted by atomic mass is 16.3. The van der Waals surface area contributed by atoms with Gasteiger partial charge in [-0.25, -0.2) is 0 Å². The van der Waals surface area contributed by atoms with Gasteiger partial charge in [0.25, 0.3) is 0 Å². The first-order chi connectivity index (χ1) is 31.7. The van der Waals surface area contributed by atoms with E-state index in [4.69, 9.17) is 4.42 Å². The second-order valence-electron chi connectivity index (χ2n) is 16.5. The molecule has 0 N–H and O–H groups in total. The number of benzene rings is 11. The Morgan fingerprint density at radius 1 is 0.266 bits per heavy atom. The van der Waals surface area contributed by atoms with Crippen LogP contribution in [0.15, 0.2) is 253 Å². The average Bonchev–Trinajstić information content (AvgIpc) is 3.77. The highest BCUT2D eigenvalue weighted by Crippen LogP contribution is 2.49. The molecular formula is C62H41NO. The minimum absolute atomic E-state index is 0.828. The van der Waals surface area contributed by atoms with Crippen molar-refractivity contribution >= 4 is 60.5 Å². The van der Waals surface area contributed by atoms with E-state index in [0.717, 1.165) is 72.0 Å². The largest absolute Gasteiger partial charge is 0.453 e. The molecule has 2 nitrogen and oxygen atoms in total. The molecule has 0 aliphatic heterocycles. The van der Waals surface area contributed by atoms with E-state index in [1.807, 2.05) is 0 Å². The molecule has 0 radical (unpaired) electrons. The van der Waals surface area contributed by atoms with Crippen LogP contribution in [0.4, 0.5) is 17.1 Å². The summed E-state index contributed by atoms with van der Waals surface area (Å²) < 4.78 is 7.44. The van der Waals surface area contributed by atoms with E-state index in [2.05, 4.69) is 254 Å². The molecule has 0 bridgehead atoms. The molecule has 0 saturated carbocycles. The maximum atomic E-state index is 7.44. The van der Waals surface area contributed by atoms with Crippen LogP contribution < -0.4 is 4.90 Å². The Labute approximate surface area is 372 Å². The molecule has 12 aromatic rings. The summed E-state index contributed by atoms with van der Waals surface area (Å²) in [6, 6.07) is 89.6. The van der Waals surface area contributed by atoms with Gasteiger partial charge in [-0.15, -0.1) is 0 Å². The fourth-order valence-corrected chi connectivity index (χ4v) is 9.52. The van der Waals surface area contributed by atoms with Crippen molar-refractivity contribution in [2.75, 3.05) is 4.90 Å². The second kappa shape index (κ2) is 15.8. The molecule has 0 saturated heterocycles. The van der Waals surface area contributed by atoms with Gasteiger partial charge in [0.1, 0.15) is 5.58 Å². The van der Waals surface area contributed by atoms with Gasteiger partial charge in [-0.2, -0.15) is 0 Å². The fraction of sp³-hybridized carbons (Fsp3) is 0. The van der Waals surface area contributed by atoms with Gasteiger partial charge < -0.3 is 9.32 Å². The number of hydrogen-bond acceptors (Lipinski definition) is 2. The average molecular weight is 816 g/mol. The molecule has 12 rings (SSSR count). The van der Waals surface area contributed by atoms with Crippen molar-refractivity contribution in [2.45, 2.75) is 0 Å². The maximum absolute atomic E-state index is 7.44. The Hall–Kier alpha value is -8.46. The Morgan fingerprint density at radius 3 is 1.41 bits per heavy atom. The molecule has 0 aliphatic carbocycles. The molecule has 0 amide bonds. The predicted molar refractivity (Wildman–Crippen MR) is 271 cm³/mol. The highest BCUT2D eigenvalue weighted by molar-refractivity contribution is 6.24. The number of hydrogen-bond donors (Lipinski definition) is 0. The van der Waals surface area contributed by atoms with Crippen LogP contribution in [0.2, 0.25) is 0 Å². The number of anilines is 3. The maximum Gasteiger partial charge on any atom is 0.160 e. The molecular weight excluding hydrogens is 775 g/mol. The van der Waals surface area contributed by atoms with E-state index < -0.39 is 0 Å². The summed E-state index contributed by atoms with van der Waals surface area (Å²) in [4.78, 5) is 2.37. The summed E-state index contributed by atoms with van der Waals surface area (Å²) in [5.41, 5.74) is 16.3. The van der Waals surface area contributed by atoms with Crippen LogP contribution in [-0.4, -0.2) is 0 Å². The summed E-state index contributed by atoms with van der Waals surface area (Å²) >= 11 is 0. The first kappa shape index (κ1) is 37.3. The number of furan rings is 1. The molecule has 1 heterocycles. The van der Waals surface area contributed by atoms with Crippen molar-refractivity contribution in [3.8, 4) is 55.6 Å². The fourth-order valence-electron chi connectivity index (χ4n) is 9.52. The summed E-state index contributed by atoms with van der Waals surface area (Å²) in [5, 5.41) is 6.76. The summed E-state index contributed by atoms with van der Waals surface area (Å²) in [7, 11) is 0. The van der Waals surface area contributed by atoms with Crippen LogP contribution in [0.1, 0.15) is 0 Å². The van der Waals surface area contributed by atoms with Crippen LogP contribution in [-0.2, 0) is 0 Å². The molecule has 0 fully saturated rings. The zero-order valence-electron chi connectivity index (χ0n) is 35.0. The number of fused-ring (bicyclic) bond motifs is 6. The second-order valence-corrected chi connectivity index (χ2v) is 16.5. The topological polar surface area (TPSA) is 16.4 Å². The minimum atomic E-state index is 0.828. The molecule has 0 atom stereocenters. The van der Waals surface area contributed by atoms with Crippen molar-refractivity contribution < 1.29 is 4.42 Å². The monoisotopic (exact) mass is 815 g/mol. The van der Waals surface area contributed by atoms with Crippen molar-refractivity contribution in [3.63, 3.8) is 0 Å². The van der Waals surface area contributed by atoms with Crippen LogP contribution in [0.25, 0.3) is 99.1 Å². The Kier molecular flexibility index (Phi) is 9.20. The first-order valence-corrected chi connectivity index (χ1v) is 21.9. The third-order valence-electron chi connectivity index (χ3n) is 12.6. The SMILES string of the molecule is c1ccc(-c2ccc(N(c3ccc4ccccc4c3)c3ccc(-c4cc(-c5ccccc5)cc(-c5ccccc5)c4)c4c3oc3c5ccccc5c(-c5ccccc5)cc34)cc2)cc1. The van der Waals surface area contributed by atoms with Crippen molar-refractivity contribution in [2.24, 2.45) is 0 Å². The van der Waals surface area contributed by atoms with E-state index in [9.17, 15) is 0 Å². The van der Waals surface area contributed by atoms with Crippen LogP contribution >= 0.6 is 0 Å². The lowest BCUT2D eigenvalue weighted by Crippen LogP contribution is -2.10. The van der Waals surface area contributed by atoms with Crippen molar-refractivity contribution in [1.82, 2.24) is 0 Å². The molecule has 2 heteroatoms. The minimum Gasteiger partial charge on any atom is -0.453 e. The molecule has 0 spiro atoms. The third kappa shape index (κ3) is 6.61. The number of nitrogens with zero attached hydrogens (tertiary/aromatic N) is 1. The van der Waals surface area contributed by atoms with E-state index in [-0.39, 0.29) is 0 Å². The smallest absolute Gasteiger partial charge is 0.160 e. The molecule has 64 heavy (non-hydrogen) atoms. The quantitative estimate of drug-likeness (QED) is 0.152.